The van der Waals surface area contributed by atoms with Gasteiger partial charge in [-0.2, -0.15) is 0 Å². The Hall–Kier alpha value is -2.32. The highest BCUT2D eigenvalue weighted by atomic mass is 32.1. The maximum atomic E-state index is 12.5. The average molecular weight is 374 g/mol. The van der Waals surface area contributed by atoms with Gasteiger partial charge in [0.25, 0.3) is 0 Å². The van der Waals surface area contributed by atoms with E-state index in [0.29, 0.717) is 29.9 Å². The van der Waals surface area contributed by atoms with Crippen LogP contribution in [0.4, 0.5) is 10.8 Å². The number of benzene rings is 1. The van der Waals surface area contributed by atoms with E-state index in [1.54, 1.807) is 4.90 Å². The van der Waals surface area contributed by atoms with E-state index in [-0.39, 0.29) is 18.2 Å². The largest absolute Gasteiger partial charge is 0.374 e. The Kier molecular flexibility index (Phi) is 5.63. The van der Waals surface area contributed by atoms with E-state index >= 15 is 0 Å². The summed E-state index contributed by atoms with van der Waals surface area (Å²) in [4.78, 5) is 26.7. The van der Waals surface area contributed by atoms with Crippen molar-refractivity contribution in [2.45, 2.75) is 33.8 Å². The van der Waals surface area contributed by atoms with Crippen LogP contribution in [-0.4, -0.2) is 35.2 Å². The predicted octanol–water partition coefficient (Wildman–Crippen LogP) is 2.68. The number of rotatable bonds is 6. The van der Waals surface area contributed by atoms with Crippen molar-refractivity contribution in [2.24, 2.45) is 5.92 Å². The van der Waals surface area contributed by atoms with Crippen LogP contribution < -0.4 is 10.2 Å². The topological polar surface area (TPSA) is 84.4 Å². The number of ether oxygens (including phenoxy) is 1. The van der Waals surface area contributed by atoms with Gasteiger partial charge in [-0.1, -0.05) is 23.5 Å². The lowest BCUT2D eigenvalue weighted by molar-refractivity contribution is -0.122. The summed E-state index contributed by atoms with van der Waals surface area (Å²) in [5.41, 5.74) is 3.06. The molecule has 2 amide bonds. The van der Waals surface area contributed by atoms with Crippen molar-refractivity contribution in [3.63, 3.8) is 0 Å². The van der Waals surface area contributed by atoms with Crippen LogP contribution in [0.2, 0.25) is 0 Å². The van der Waals surface area contributed by atoms with Gasteiger partial charge >= 0.3 is 0 Å². The molecule has 1 fully saturated rings. The molecule has 0 saturated carbocycles. The lowest BCUT2D eigenvalue weighted by Crippen LogP contribution is -2.28. The minimum atomic E-state index is -0.401. The summed E-state index contributed by atoms with van der Waals surface area (Å²) in [5.74, 6) is -0.639. The third kappa shape index (κ3) is 3.91. The third-order valence-electron chi connectivity index (χ3n) is 4.49. The molecule has 1 aliphatic rings. The van der Waals surface area contributed by atoms with Crippen molar-refractivity contribution in [1.82, 2.24) is 10.2 Å². The summed E-state index contributed by atoms with van der Waals surface area (Å²) in [5, 5.41) is 11.9. The molecule has 1 atom stereocenters. The number of hydrogen-bond acceptors (Lipinski definition) is 6. The highest BCUT2D eigenvalue weighted by Crippen LogP contribution is 2.30. The number of carbonyl (C=O) groups excluding carboxylic acids is 2. The number of nitrogens with one attached hydrogen (secondary N) is 1. The molecule has 1 aliphatic heterocycles. The fourth-order valence-electron chi connectivity index (χ4n) is 2.90. The number of anilines is 2. The van der Waals surface area contributed by atoms with Crippen LogP contribution in [0.1, 0.15) is 29.5 Å². The molecule has 0 bridgehead atoms. The van der Waals surface area contributed by atoms with Crippen molar-refractivity contribution in [3.05, 3.63) is 34.3 Å². The molecule has 138 valence electrons. The van der Waals surface area contributed by atoms with E-state index in [1.807, 2.05) is 39.0 Å². The van der Waals surface area contributed by atoms with Gasteiger partial charge in [-0.15, -0.1) is 10.2 Å². The van der Waals surface area contributed by atoms with E-state index in [2.05, 4.69) is 15.5 Å². The maximum absolute atomic E-state index is 12.5. The van der Waals surface area contributed by atoms with Crippen LogP contribution in [-0.2, 0) is 20.9 Å². The number of aryl methyl sites for hydroxylation is 1. The first-order valence-electron chi connectivity index (χ1n) is 8.57. The molecule has 2 heterocycles. The zero-order valence-corrected chi connectivity index (χ0v) is 15.9. The van der Waals surface area contributed by atoms with E-state index in [1.165, 1.54) is 11.3 Å². The number of hydrogen-bond donors (Lipinski definition) is 1. The number of nitrogens with zero attached hydrogens (tertiary/aromatic N) is 3. The van der Waals surface area contributed by atoms with Gasteiger partial charge in [-0.3, -0.25) is 9.59 Å². The van der Waals surface area contributed by atoms with Crippen molar-refractivity contribution in [2.75, 3.05) is 23.4 Å². The van der Waals surface area contributed by atoms with Gasteiger partial charge in [0.15, 0.2) is 0 Å². The standard InChI is InChI=1S/C18H22N4O3S/c1-4-25-10-15-20-21-18(26-15)19-17(24)13-8-16(23)22(9-13)14-7-5-6-11(2)12(14)3/h5-7,13H,4,8-10H2,1-3H3,(H,19,21,24). The van der Waals surface area contributed by atoms with Crippen molar-refractivity contribution in [1.29, 1.82) is 0 Å². The zero-order valence-electron chi connectivity index (χ0n) is 15.1. The Balaban J connectivity index is 1.65. The molecule has 7 nitrogen and oxygen atoms in total. The Morgan fingerprint density at radius 2 is 2.19 bits per heavy atom. The van der Waals surface area contributed by atoms with Crippen molar-refractivity contribution < 1.29 is 14.3 Å². The summed E-state index contributed by atoms with van der Waals surface area (Å²) in [6, 6.07) is 5.86. The molecule has 0 aliphatic carbocycles. The first-order chi connectivity index (χ1) is 12.5. The summed E-state index contributed by atoms with van der Waals surface area (Å²) in [7, 11) is 0. The Bertz CT molecular complexity index is 821. The monoisotopic (exact) mass is 374 g/mol. The highest BCUT2D eigenvalue weighted by Gasteiger charge is 2.36. The van der Waals surface area contributed by atoms with E-state index in [9.17, 15) is 9.59 Å². The van der Waals surface area contributed by atoms with Crippen LogP contribution in [0.25, 0.3) is 0 Å². The van der Waals surface area contributed by atoms with Crippen LogP contribution in [0.15, 0.2) is 18.2 Å². The van der Waals surface area contributed by atoms with Crippen LogP contribution in [0.5, 0.6) is 0 Å². The van der Waals surface area contributed by atoms with Gasteiger partial charge in [0.2, 0.25) is 16.9 Å². The van der Waals surface area contributed by atoms with Gasteiger partial charge in [0.05, 0.1) is 5.92 Å². The Labute approximate surface area is 156 Å². The van der Waals surface area contributed by atoms with Crippen LogP contribution in [0, 0.1) is 19.8 Å². The predicted molar refractivity (Wildman–Crippen MR) is 100 cm³/mol. The second-order valence-corrected chi connectivity index (χ2v) is 7.31. The quantitative estimate of drug-likeness (QED) is 0.840. The van der Waals surface area contributed by atoms with E-state index in [4.69, 9.17) is 4.74 Å². The molecule has 1 aromatic heterocycles. The lowest BCUT2D eigenvalue weighted by atomic mass is 10.1. The molecule has 2 aromatic rings. The highest BCUT2D eigenvalue weighted by molar-refractivity contribution is 7.15. The molecule has 0 spiro atoms. The van der Waals surface area contributed by atoms with Gasteiger partial charge in [0.1, 0.15) is 11.6 Å². The summed E-state index contributed by atoms with van der Waals surface area (Å²) in [6.07, 6.45) is 0.198. The van der Waals surface area contributed by atoms with E-state index < -0.39 is 5.92 Å². The first kappa shape index (κ1) is 18.5. The lowest BCUT2D eigenvalue weighted by Gasteiger charge is -2.20. The van der Waals surface area contributed by atoms with Crippen molar-refractivity contribution >= 4 is 34.0 Å². The summed E-state index contributed by atoms with van der Waals surface area (Å²) < 4.78 is 5.28. The molecule has 1 saturated heterocycles. The molecule has 1 N–H and O–H groups in total. The second-order valence-electron chi connectivity index (χ2n) is 6.25. The Morgan fingerprint density at radius 1 is 1.38 bits per heavy atom. The van der Waals surface area contributed by atoms with Crippen molar-refractivity contribution in [3.8, 4) is 0 Å². The molecular formula is C18H22N4O3S. The van der Waals surface area contributed by atoms with Gasteiger partial charge < -0.3 is 15.0 Å². The smallest absolute Gasteiger partial charge is 0.231 e. The minimum Gasteiger partial charge on any atom is -0.374 e. The molecule has 1 aromatic carbocycles. The maximum Gasteiger partial charge on any atom is 0.231 e. The summed E-state index contributed by atoms with van der Waals surface area (Å²) >= 11 is 1.28. The average Bonchev–Trinajstić information content (AvgIpc) is 3.22. The number of aromatic nitrogens is 2. The zero-order chi connectivity index (χ0) is 18.7. The third-order valence-corrected chi connectivity index (χ3v) is 5.30. The minimum absolute atomic E-state index is 0.0341. The molecule has 8 heteroatoms. The van der Waals surface area contributed by atoms with Gasteiger partial charge in [0, 0.05) is 25.3 Å². The molecule has 0 radical (unpaired) electrons. The van der Waals surface area contributed by atoms with Crippen LogP contribution >= 0.6 is 11.3 Å². The van der Waals surface area contributed by atoms with Gasteiger partial charge in [-0.05, 0) is 38.0 Å². The summed E-state index contributed by atoms with van der Waals surface area (Å²) in [6.45, 7) is 7.26. The Morgan fingerprint density at radius 3 is 2.96 bits per heavy atom. The SMILES string of the molecule is CCOCc1nnc(NC(=O)C2CC(=O)N(c3cccc(C)c3C)C2)s1. The van der Waals surface area contributed by atoms with Crippen LogP contribution in [0.3, 0.4) is 0 Å². The number of carbonyl (C=O) groups is 2. The fraction of sp³-hybridized carbons (Fsp3) is 0.444. The van der Waals surface area contributed by atoms with E-state index in [0.717, 1.165) is 16.8 Å². The molecular weight excluding hydrogens is 352 g/mol. The molecule has 1 unspecified atom stereocenters. The number of amides is 2. The fourth-order valence-corrected chi connectivity index (χ4v) is 3.58. The molecule has 3 rings (SSSR count). The molecule has 26 heavy (non-hydrogen) atoms. The van der Waals surface area contributed by atoms with Gasteiger partial charge in [-0.25, -0.2) is 0 Å². The normalized spacial score (nSPS) is 17.0. The second kappa shape index (κ2) is 7.92. The first-order valence-corrected chi connectivity index (χ1v) is 9.38.